The van der Waals surface area contributed by atoms with E-state index in [1.165, 1.54) is 17.7 Å². The third kappa shape index (κ3) is 3.02. The Kier molecular flexibility index (Phi) is 4.18. The van der Waals surface area contributed by atoms with Crippen LogP contribution in [-0.2, 0) is 5.75 Å². The summed E-state index contributed by atoms with van der Waals surface area (Å²) in [4.78, 5) is 6.92. The Balaban J connectivity index is 1.39. The van der Waals surface area contributed by atoms with E-state index in [0.29, 0.717) is 11.9 Å². The largest absolute Gasteiger partial charge is 0.440 e. The highest BCUT2D eigenvalue weighted by atomic mass is 32.2. The molecule has 1 saturated carbocycles. The highest BCUT2D eigenvalue weighted by molar-refractivity contribution is 7.98. The van der Waals surface area contributed by atoms with Crippen molar-refractivity contribution in [2.75, 3.05) is 0 Å². The second-order valence-electron chi connectivity index (χ2n) is 6.17. The zero-order valence-corrected chi connectivity index (χ0v) is 16.5. The fourth-order valence-electron chi connectivity index (χ4n) is 2.81. The number of rotatable bonds is 6. The molecule has 0 aromatic carbocycles. The lowest BCUT2D eigenvalue weighted by Crippen LogP contribution is -1.99. The number of thiophene rings is 2. The van der Waals surface area contributed by atoms with Gasteiger partial charge in [-0.25, -0.2) is 4.98 Å². The van der Waals surface area contributed by atoms with E-state index < -0.39 is 0 Å². The van der Waals surface area contributed by atoms with Gasteiger partial charge in [-0.3, -0.25) is 4.57 Å². The molecule has 0 N–H and O–H groups in total. The molecule has 5 nitrogen and oxygen atoms in total. The SMILES string of the molecule is Cc1oc(-c2cccs2)nc1CSc1nnc(-c2cccs2)n1C1CC1. The van der Waals surface area contributed by atoms with Gasteiger partial charge in [0.05, 0.1) is 15.4 Å². The fraction of sp³-hybridized carbons (Fsp3) is 0.278. The molecule has 132 valence electrons. The van der Waals surface area contributed by atoms with Gasteiger partial charge < -0.3 is 4.42 Å². The number of nitrogens with zero attached hydrogens (tertiary/aromatic N) is 4. The number of aryl methyl sites for hydroxylation is 1. The van der Waals surface area contributed by atoms with Gasteiger partial charge in [0, 0.05) is 11.8 Å². The zero-order chi connectivity index (χ0) is 17.5. The van der Waals surface area contributed by atoms with Gasteiger partial charge in [-0.15, -0.1) is 32.9 Å². The van der Waals surface area contributed by atoms with Crippen LogP contribution in [0.2, 0.25) is 0 Å². The molecule has 0 aliphatic heterocycles. The van der Waals surface area contributed by atoms with Crippen LogP contribution >= 0.6 is 34.4 Å². The second kappa shape index (κ2) is 6.68. The Labute approximate surface area is 163 Å². The summed E-state index contributed by atoms with van der Waals surface area (Å²) in [5.41, 5.74) is 0.974. The summed E-state index contributed by atoms with van der Waals surface area (Å²) in [7, 11) is 0. The topological polar surface area (TPSA) is 56.7 Å². The number of thioether (sulfide) groups is 1. The van der Waals surface area contributed by atoms with E-state index in [1.54, 1.807) is 34.4 Å². The molecule has 0 amide bonds. The van der Waals surface area contributed by atoms with Crippen LogP contribution in [-0.4, -0.2) is 19.7 Å². The van der Waals surface area contributed by atoms with Crippen molar-refractivity contribution in [3.05, 3.63) is 46.5 Å². The van der Waals surface area contributed by atoms with Gasteiger partial charge in [0.25, 0.3) is 0 Å². The summed E-state index contributed by atoms with van der Waals surface area (Å²) in [6, 6.07) is 8.74. The molecule has 5 rings (SSSR count). The Bertz CT molecular complexity index is 1010. The molecule has 0 bridgehead atoms. The number of hydrogen-bond donors (Lipinski definition) is 0. The van der Waals surface area contributed by atoms with Crippen molar-refractivity contribution in [2.24, 2.45) is 0 Å². The van der Waals surface area contributed by atoms with Crippen LogP contribution in [0.25, 0.3) is 21.5 Å². The summed E-state index contributed by atoms with van der Waals surface area (Å²) in [6.45, 7) is 1.97. The Morgan fingerprint density at radius 2 is 1.92 bits per heavy atom. The monoisotopic (exact) mass is 400 g/mol. The lowest BCUT2D eigenvalue weighted by molar-refractivity contribution is 0.542. The molecule has 4 aromatic heterocycles. The average Bonchev–Trinajstić information content (AvgIpc) is 3.15. The van der Waals surface area contributed by atoms with Crippen LogP contribution in [0.3, 0.4) is 0 Å². The van der Waals surface area contributed by atoms with E-state index in [-0.39, 0.29) is 0 Å². The van der Waals surface area contributed by atoms with Crippen molar-refractivity contribution in [1.82, 2.24) is 19.7 Å². The average molecular weight is 401 g/mol. The van der Waals surface area contributed by atoms with Crippen molar-refractivity contribution in [3.8, 4) is 21.5 Å². The normalized spacial score (nSPS) is 14.2. The first-order chi connectivity index (χ1) is 12.8. The minimum atomic E-state index is 0.532. The summed E-state index contributed by atoms with van der Waals surface area (Å²) in [6.07, 6.45) is 2.41. The van der Waals surface area contributed by atoms with E-state index in [9.17, 15) is 0 Å². The van der Waals surface area contributed by atoms with Gasteiger partial charge in [0.1, 0.15) is 5.76 Å². The molecule has 26 heavy (non-hydrogen) atoms. The molecule has 0 radical (unpaired) electrons. The first kappa shape index (κ1) is 16.3. The first-order valence-electron chi connectivity index (χ1n) is 8.41. The summed E-state index contributed by atoms with van der Waals surface area (Å²) in [5.74, 6) is 3.30. The predicted octanol–water partition coefficient (Wildman–Crippen LogP) is 5.66. The van der Waals surface area contributed by atoms with Crippen LogP contribution in [0, 0.1) is 6.92 Å². The summed E-state index contributed by atoms with van der Waals surface area (Å²) < 4.78 is 8.14. The van der Waals surface area contributed by atoms with Crippen molar-refractivity contribution >= 4 is 34.4 Å². The molecule has 1 fully saturated rings. The van der Waals surface area contributed by atoms with Crippen LogP contribution in [0.5, 0.6) is 0 Å². The molecule has 4 heterocycles. The predicted molar refractivity (Wildman–Crippen MR) is 106 cm³/mol. The van der Waals surface area contributed by atoms with Gasteiger partial charge in [-0.2, -0.15) is 0 Å². The fourth-order valence-corrected chi connectivity index (χ4v) is 5.17. The quantitative estimate of drug-likeness (QED) is 0.391. The van der Waals surface area contributed by atoms with E-state index >= 15 is 0 Å². The maximum absolute atomic E-state index is 5.85. The van der Waals surface area contributed by atoms with Gasteiger partial charge in [0.2, 0.25) is 5.89 Å². The molecule has 0 spiro atoms. The third-order valence-electron chi connectivity index (χ3n) is 4.28. The Morgan fingerprint density at radius 3 is 2.62 bits per heavy atom. The minimum Gasteiger partial charge on any atom is -0.440 e. The van der Waals surface area contributed by atoms with Crippen molar-refractivity contribution < 1.29 is 4.42 Å². The smallest absolute Gasteiger partial charge is 0.236 e. The third-order valence-corrected chi connectivity index (χ3v) is 6.96. The highest BCUT2D eigenvalue weighted by Gasteiger charge is 2.30. The molecular weight excluding hydrogens is 384 g/mol. The maximum Gasteiger partial charge on any atom is 0.236 e. The lowest BCUT2D eigenvalue weighted by atomic mass is 10.4. The molecule has 4 aromatic rings. The van der Waals surface area contributed by atoms with E-state index in [4.69, 9.17) is 4.42 Å². The molecule has 8 heteroatoms. The van der Waals surface area contributed by atoms with E-state index in [0.717, 1.165) is 33.1 Å². The van der Waals surface area contributed by atoms with Crippen LogP contribution in [0.4, 0.5) is 0 Å². The Hall–Kier alpha value is -1.90. The van der Waals surface area contributed by atoms with E-state index in [1.807, 2.05) is 24.4 Å². The number of aromatic nitrogens is 4. The molecule has 1 aliphatic carbocycles. The first-order valence-corrected chi connectivity index (χ1v) is 11.2. The molecule has 0 unspecified atom stereocenters. The Morgan fingerprint density at radius 1 is 1.15 bits per heavy atom. The summed E-state index contributed by atoms with van der Waals surface area (Å²) in [5, 5.41) is 14.0. The second-order valence-corrected chi connectivity index (χ2v) is 9.01. The number of hydrogen-bond acceptors (Lipinski definition) is 7. The zero-order valence-electron chi connectivity index (χ0n) is 14.1. The highest BCUT2D eigenvalue weighted by Crippen LogP contribution is 2.42. The minimum absolute atomic E-state index is 0.532. The molecular formula is C18H16N4OS3. The van der Waals surface area contributed by atoms with Gasteiger partial charge in [-0.05, 0) is 42.7 Å². The molecule has 0 atom stereocenters. The maximum atomic E-state index is 5.85. The van der Waals surface area contributed by atoms with Gasteiger partial charge in [0.15, 0.2) is 11.0 Å². The standard InChI is InChI=1S/C18H16N4OS3/c1-11-13(19-17(23-11)15-5-3-9-25-15)10-26-18-21-20-16(14-4-2-8-24-14)22(18)12-6-7-12/h2-5,8-9,12H,6-7,10H2,1H3. The van der Waals surface area contributed by atoms with Crippen LogP contribution in [0.1, 0.15) is 30.3 Å². The van der Waals surface area contributed by atoms with Gasteiger partial charge in [-0.1, -0.05) is 23.9 Å². The van der Waals surface area contributed by atoms with Crippen molar-refractivity contribution in [2.45, 2.75) is 36.7 Å². The molecule has 1 aliphatic rings. The van der Waals surface area contributed by atoms with Crippen molar-refractivity contribution in [3.63, 3.8) is 0 Å². The van der Waals surface area contributed by atoms with Gasteiger partial charge >= 0.3 is 0 Å². The molecule has 0 saturated heterocycles. The van der Waals surface area contributed by atoms with E-state index in [2.05, 4.69) is 37.3 Å². The number of oxazole rings is 1. The van der Waals surface area contributed by atoms with Crippen LogP contribution in [0.15, 0.2) is 44.6 Å². The summed E-state index contributed by atoms with van der Waals surface area (Å²) >= 11 is 5.04. The van der Waals surface area contributed by atoms with Crippen molar-refractivity contribution in [1.29, 1.82) is 0 Å². The lowest BCUT2D eigenvalue weighted by Gasteiger charge is -2.07. The van der Waals surface area contributed by atoms with Crippen LogP contribution < -0.4 is 0 Å².